The highest BCUT2D eigenvalue weighted by atomic mass is 35.5. The largest absolute Gasteiger partial charge is 0.327 e. The van der Waals surface area contributed by atoms with E-state index in [1.807, 2.05) is 18.2 Å². The van der Waals surface area contributed by atoms with Gasteiger partial charge in [-0.15, -0.1) is 0 Å². The first-order valence-electron chi connectivity index (χ1n) is 7.36. The van der Waals surface area contributed by atoms with E-state index in [1.165, 1.54) is 11.1 Å². The molecule has 2 aromatic rings. The van der Waals surface area contributed by atoms with Crippen LogP contribution in [0, 0.1) is 0 Å². The molecule has 0 saturated heterocycles. The molecule has 2 nitrogen and oxygen atoms in total. The third-order valence-electron chi connectivity index (χ3n) is 3.56. The highest BCUT2D eigenvalue weighted by Gasteiger charge is 2.08. The molecule has 1 atom stereocenters. The number of benzene rings is 2. The molecule has 2 rings (SSSR count). The molecule has 0 aliphatic heterocycles. The Hall–Kier alpha value is -1.35. The molecular weight excluding hydrogens is 280 g/mol. The minimum absolute atomic E-state index is 0.197. The zero-order valence-corrected chi connectivity index (χ0v) is 13.3. The SMILES string of the molecule is CN(Cc1ccc(Cl)cc1)CC(N)CCc1ccccc1. The summed E-state index contributed by atoms with van der Waals surface area (Å²) >= 11 is 5.90. The second-order valence-corrected chi connectivity index (χ2v) is 6.04. The van der Waals surface area contributed by atoms with Crippen LogP contribution in [0.1, 0.15) is 17.5 Å². The van der Waals surface area contributed by atoms with Gasteiger partial charge >= 0.3 is 0 Å². The van der Waals surface area contributed by atoms with Crippen molar-refractivity contribution in [3.8, 4) is 0 Å². The number of hydrogen-bond acceptors (Lipinski definition) is 2. The molecule has 0 aliphatic rings. The standard InChI is InChI=1S/C18H23ClN2/c1-21(13-16-7-10-17(19)11-8-16)14-18(20)12-9-15-5-3-2-4-6-15/h2-8,10-11,18H,9,12-14,20H2,1H3. The summed E-state index contributed by atoms with van der Waals surface area (Å²) in [7, 11) is 2.11. The predicted octanol–water partition coefficient (Wildman–Crippen LogP) is 3.73. The molecule has 112 valence electrons. The van der Waals surface area contributed by atoms with Gasteiger partial charge < -0.3 is 10.6 Å². The van der Waals surface area contributed by atoms with Gasteiger partial charge in [-0.2, -0.15) is 0 Å². The Bertz CT molecular complexity index is 525. The molecule has 0 fully saturated rings. The van der Waals surface area contributed by atoms with Crippen molar-refractivity contribution < 1.29 is 0 Å². The smallest absolute Gasteiger partial charge is 0.0406 e. The van der Waals surface area contributed by atoms with Crippen LogP contribution in [0.2, 0.25) is 5.02 Å². The molecular formula is C18H23ClN2. The highest BCUT2D eigenvalue weighted by molar-refractivity contribution is 6.30. The Labute approximate surface area is 132 Å². The second kappa shape index (κ2) is 8.18. The van der Waals surface area contributed by atoms with E-state index in [4.69, 9.17) is 17.3 Å². The summed E-state index contributed by atoms with van der Waals surface area (Å²) in [6.07, 6.45) is 2.05. The van der Waals surface area contributed by atoms with Crippen molar-refractivity contribution in [1.82, 2.24) is 4.90 Å². The Balaban J connectivity index is 1.74. The second-order valence-electron chi connectivity index (χ2n) is 5.61. The molecule has 0 bridgehead atoms. The zero-order valence-electron chi connectivity index (χ0n) is 12.5. The zero-order chi connectivity index (χ0) is 15.1. The summed E-state index contributed by atoms with van der Waals surface area (Å²) < 4.78 is 0. The van der Waals surface area contributed by atoms with Crippen LogP contribution in [0.15, 0.2) is 54.6 Å². The van der Waals surface area contributed by atoms with Gasteiger partial charge in [0.1, 0.15) is 0 Å². The Kier molecular flexibility index (Phi) is 6.24. The van der Waals surface area contributed by atoms with Crippen molar-refractivity contribution in [2.75, 3.05) is 13.6 Å². The van der Waals surface area contributed by atoms with Gasteiger partial charge in [0.15, 0.2) is 0 Å². The Morgan fingerprint density at radius 3 is 2.33 bits per heavy atom. The van der Waals surface area contributed by atoms with Crippen LogP contribution >= 0.6 is 11.6 Å². The van der Waals surface area contributed by atoms with Crippen molar-refractivity contribution in [3.05, 3.63) is 70.7 Å². The molecule has 3 heteroatoms. The average Bonchev–Trinajstić information content (AvgIpc) is 2.48. The first kappa shape index (κ1) is 16.0. The lowest BCUT2D eigenvalue weighted by Crippen LogP contribution is -2.35. The molecule has 21 heavy (non-hydrogen) atoms. The topological polar surface area (TPSA) is 29.3 Å². The van der Waals surface area contributed by atoms with Gasteiger partial charge in [-0.05, 0) is 43.1 Å². The lowest BCUT2D eigenvalue weighted by atomic mass is 10.1. The summed E-state index contributed by atoms with van der Waals surface area (Å²) in [6.45, 7) is 1.80. The molecule has 0 saturated carbocycles. The summed E-state index contributed by atoms with van der Waals surface area (Å²) in [5, 5.41) is 0.779. The molecule has 1 unspecified atom stereocenters. The maximum atomic E-state index is 6.24. The van der Waals surface area contributed by atoms with Crippen molar-refractivity contribution >= 4 is 11.6 Å². The minimum atomic E-state index is 0.197. The van der Waals surface area contributed by atoms with Gasteiger partial charge in [-0.25, -0.2) is 0 Å². The Morgan fingerprint density at radius 2 is 1.67 bits per heavy atom. The number of rotatable bonds is 7. The van der Waals surface area contributed by atoms with Crippen LogP contribution < -0.4 is 5.73 Å². The normalized spacial score (nSPS) is 12.6. The van der Waals surface area contributed by atoms with Gasteiger partial charge in [0.25, 0.3) is 0 Å². The number of halogens is 1. The van der Waals surface area contributed by atoms with Crippen molar-refractivity contribution in [2.24, 2.45) is 5.73 Å². The maximum Gasteiger partial charge on any atom is 0.0406 e. The van der Waals surface area contributed by atoms with E-state index >= 15 is 0 Å². The molecule has 0 amide bonds. The van der Waals surface area contributed by atoms with Crippen LogP contribution in [-0.4, -0.2) is 24.5 Å². The molecule has 0 radical (unpaired) electrons. The molecule has 0 spiro atoms. The Morgan fingerprint density at radius 1 is 1.00 bits per heavy atom. The molecule has 0 aromatic heterocycles. The number of likely N-dealkylation sites (N-methyl/N-ethyl adjacent to an activating group) is 1. The van der Waals surface area contributed by atoms with Gasteiger partial charge in [-0.1, -0.05) is 54.1 Å². The van der Waals surface area contributed by atoms with Gasteiger partial charge in [0, 0.05) is 24.2 Å². The third kappa shape index (κ3) is 5.88. The first-order valence-corrected chi connectivity index (χ1v) is 7.74. The summed E-state index contributed by atoms with van der Waals surface area (Å²) in [5.74, 6) is 0. The highest BCUT2D eigenvalue weighted by Crippen LogP contribution is 2.11. The van der Waals surface area contributed by atoms with E-state index in [9.17, 15) is 0 Å². The summed E-state index contributed by atoms with van der Waals surface area (Å²) in [5.41, 5.74) is 8.85. The fourth-order valence-electron chi connectivity index (χ4n) is 2.45. The molecule has 0 heterocycles. The van der Waals surface area contributed by atoms with Gasteiger partial charge in [-0.3, -0.25) is 0 Å². The van der Waals surface area contributed by atoms with Crippen molar-refractivity contribution in [1.29, 1.82) is 0 Å². The van der Waals surface area contributed by atoms with E-state index in [1.54, 1.807) is 0 Å². The monoisotopic (exact) mass is 302 g/mol. The molecule has 0 aliphatic carbocycles. The maximum absolute atomic E-state index is 6.24. The third-order valence-corrected chi connectivity index (χ3v) is 3.81. The fraction of sp³-hybridized carbons (Fsp3) is 0.333. The fourth-order valence-corrected chi connectivity index (χ4v) is 2.58. The van der Waals surface area contributed by atoms with Crippen LogP contribution in [0.25, 0.3) is 0 Å². The lowest BCUT2D eigenvalue weighted by Gasteiger charge is -2.21. The molecule has 2 N–H and O–H groups in total. The number of nitrogens with two attached hydrogens (primary N) is 1. The summed E-state index contributed by atoms with van der Waals surface area (Å²) in [6, 6.07) is 18.7. The van der Waals surface area contributed by atoms with Crippen molar-refractivity contribution in [3.63, 3.8) is 0 Å². The van der Waals surface area contributed by atoms with E-state index in [0.717, 1.165) is 31.0 Å². The van der Waals surface area contributed by atoms with Crippen LogP contribution in [0.4, 0.5) is 0 Å². The van der Waals surface area contributed by atoms with Gasteiger partial charge in [0.2, 0.25) is 0 Å². The van der Waals surface area contributed by atoms with Gasteiger partial charge in [0.05, 0.1) is 0 Å². The average molecular weight is 303 g/mol. The lowest BCUT2D eigenvalue weighted by molar-refractivity contribution is 0.297. The molecule has 2 aromatic carbocycles. The quantitative estimate of drug-likeness (QED) is 0.844. The van der Waals surface area contributed by atoms with Crippen molar-refractivity contribution in [2.45, 2.75) is 25.4 Å². The van der Waals surface area contributed by atoms with Crippen LogP contribution in [0.5, 0.6) is 0 Å². The minimum Gasteiger partial charge on any atom is -0.327 e. The number of aryl methyl sites for hydroxylation is 1. The van der Waals surface area contributed by atoms with E-state index in [-0.39, 0.29) is 6.04 Å². The van der Waals surface area contributed by atoms with E-state index in [2.05, 4.69) is 48.3 Å². The predicted molar refractivity (Wildman–Crippen MR) is 90.5 cm³/mol. The van der Waals surface area contributed by atoms with Crippen LogP contribution in [0.3, 0.4) is 0 Å². The first-order chi connectivity index (χ1) is 10.1. The van der Waals surface area contributed by atoms with Crippen LogP contribution in [-0.2, 0) is 13.0 Å². The van der Waals surface area contributed by atoms with E-state index in [0.29, 0.717) is 0 Å². The number of hydrogen-bond donors (Lipinski definition) is 1. The van der Waals surface area contributed by atoms with E-state index < -0.39 is 0 Å². The summed E-state index contributed by atoms with van der Waals surface area (Å²) in [4.78, 5) is 2.26. The number of nitrogens with zero attached hydrogens (tertiary/aromatic N) is 1.